The minimum atomic E-state index is -0.887. The number of rotatable bonds is 3. The smallest absolute Gasteiger partial charge is 0.227 e. The molecule has 2 aliphatic heterocycles. The van der Waals surface area contributed by atoms with Crippen molar-refractivity contribution in [1.29, 1.82) is 0 Å². The standard InChI is InChI=1S/C17H22Cl2N2O3/c18-12-1-2-13(22)14(15(12)19)16(23)10-4-7-21(8-5-10)17(24)11-3-6-20-9-11/h1-2,10-11,16,20,22-23H,3-9H2/t11-,16-/m1/s1. The molecule has 2 heterocycles. The minimum absolute atomic E-state index is 0.0487. The highest BCUT2D eigenvalue weighted by Crippen LogP contribution is 2.41. The molecule has 7 heteroatoms. The van der Waals surface area contributed by atoms with E-state index >= 15 is 0 Å². The Morgan fingerprint density at radius 2 is 1.96 bits per heavy atom. The first kappa shape index (κ1) is 17.8. The summed E-state index contributed by atoms with van der Waals surface area (Å²) in [6.45, 7) is 2.90. The number of aromatic hydroxyl groups is 1. The number of phenolic OH excluding ortho intramolecular Hbond substituents is 1. The van der Waals surface area contributed by atoms with Gasteiger partial charge in [0.1, 0.15) is 5.75 Å². The van der Waals surface area contributed by atoms with E-state index in [0.717, 1.165) is 19.5 Å². The van der Waals surface area contributed by atoms with Gasteiger partial charge >= 0.3 is 0 Å². The van der Waals surface area contributed by atoms with Crippen LogP contribution in [-0.4, -0.2) is 47.2 Å². The predicted molar refractivity (Wildman–Crippen MR) is 93.4 cm³/mol. The summed E-state index contributed by atoms with van der Waals surface area (Å²) < 4.78 is 0. The summed E-state index contributed by atoms with van der Waals surface area (Å²) in [5.41, 5.74) is 0.286. The first-order chi connectivity index (χ1) is 11.5. The van der Waals surface area contributed by atoms with Crippen LogP contribution in [0.1, 0.15) is 30.9 Å². The van der Waals surface area contributed by atoms with Gasteiger partial charge in [-0.25, -0.2) is 0 Å². The Morgan fingerprint density at radius 3 is 2.58 bits per heavy atom. The predicted octanol–water partition coefficient (Wildman–Crippen LogP) is 2.58. The van der Waals surface area contributed by atoms with Gasteiger partial charge in [-0.3, -0.25) is 4.79 Å². The number of aliphatic hydroxyl groups excluding tert-OH is 1. The van der Waals surface area contributed by atoms with Gasteiger partial charge in [-0.05, 0) is 43.9 Å². The van der Waals surface area contributed by atoms with Crippen molar-refractivity contribution in [3.8, 4) is 5.75 Å². The van der Waals surface area contributed by atoms with E-state index in [4.69, 9.17) is 23.2 Å². The molecule has 24 heavy (non-hydrogen) atoms. The van der Waals surface area contributed by atoms with Gasteiger partial charge in [0.15, 0.2) is 0 Å². The van der Waals surface area contributed by atoms with Crippen molar-refractivity contribution in [2.75, 3.05) is 26.2 Å². The lowest BCUT2D eigenvalue weighted by Gasteiger charge is -2.35. The number of likely N-dealkylation sites (tertiary alicyclic amines) is 1. The Hall–Kier alpha value is -1.01. The van der Waals surface area contributed by atoms with E-state index in [0.29, 0.717) is 31.0 Å². The topological polar surface area (TPSA) is 72.8 Å². The SMILES string of the molecule is O=C([C@@H]1CCNC1)N1CCC([C@@H](O)c2c(O)ccc(Cl)c2Cl)CC1. The molecule has 2 saturated heterocycles. The number of carbonyl (C=O) groups is 1. The maximum Gasteiger partial charge on any atom is 0.227 e. The molecule has 0 aromatic heterocycles. The molecular formula is C17H22Cl2N2O3. The highest BCUT2D eigenvalue weighted by atomic mass is 35.5. The van der Waals surface area contributed by atoms with E-state index in [1.807, 2.05) is 4.90 Å². The van der Waals surface area contributed by atoms with Crippen molar-refractivity contribution in [1.82, 2.24) is 10.2 Å². The van der Waals surface area contributed by atoms with Crippen molar-refractivity contribution in [3.05, 3.63) is 27.7 Å². The van der Waals surface area contributed by atoms with Gasteiger partial charge in [0.2, 0.25) is 5.91 Å². The summed E-state index contributed by atoms with van der Waals surface area (Å²) in [7, 11) is 0. The Labute approximate surface area is 151 Å². The summed E-state index contributed by atoms with van der Waals surface area (Å²) in [6, 6.07) is 2.95. The zero-order chi connectivity index (χ0) is 17.3. The molecule has 2 atom stereocenters. The zero-order valence-corrected chi connectivity index (χ0v) is 14.9. The van der Waals surface area contributed by atoms with Crippen LogP contribution in [0.5, 0.6) is 5.75 Å². The Bertz CT molecular complexity index is 612. The van der Waals surface area contributed by atoms with Crippen LogP contribution >= 0.6 is 23.2 Å². The van der Waals surface area contributed by atoms with Gasteiger partial charge in [-0.15, -0.1) is 0 Å². The number of benzene rings is 1. The highest BCUT2D eigenvalue weighted by Gasteiger charge is 2.33. The van der Waals surface area contributed by atoms with Crippen molar-refractivity contribution in [3.63, 3.8) is 0 Å². The molecule has 0 unspecified atom stereocenters. The van der Waals surface area contributed by atoms with Crippen molar-refractivity contribution in [2.24, 2.45) is 11.8 Å². The molecule has 3 rings (SSSR count). The number of amides is 1. The maximum absolute atomic E-state index is 12.4. The maximum atomic E-state index is 12.4. The number of hydrogen-bond donors (Lipinski definition) is 3. The molecule has 1 amide bonds. The third-order valence-electron chi connectivity index (χ3n) is 5.11. The molecule has 0 aliphatic carbocycles. The van der Waals surface area contributed by atoms with Crippen LogP contribution in [0.25, 0.3) is 0 Å². The van der Waals surface area contributed by atoms with Gasteiger partial charge in [-0.1, -0.05) is 23.2 Å². The Balaban J connectivity index is 1.64. The highest BCUT2D eigenvalue weighted by molar-refractivity contribution is 6.42. The van der Waals surface area contributed by atoms with Gasteiger partial charge in [-0.2, -0.15) is 0 Å². The first-order valence-corrected chi connectivity index (χ1v) is 9.09. The molecule has 1 aromatic carbocycles. The average Bonchev–Trinajstić information content (AvgIpc) is 3.12. The fourth-order valence-electron chi connectivity index (χ4n) is 3.63. The molecule has 132 valence electrons. The molecule has 2 aliphatic rings. The molecule has 0 saturated carbocycles. The van der Waals surface area contributed by atoms with Crippen LogP contribution in [0.15, 0.2) is 12.1 Å². The fourth-order valence-corrected chi connectivity index (χ4v) is 4.07. The van der Waals surface area contributed by atoms with Crippen LogP contribution in [0.4, 0.5) is 0 Å². The molecule has 3 N–H and O–H groups in total. The quantitative estimate of drug-likeness (QED) is 0.762. The fraction of sp³-hybridized carbons (Fsp3) is 0.588. The number of nitrogens with one attached hydrogen (secondary N) is 1. The lowest BCUT2D eigenvalue weighted by molar-refractivity contribution is -0.137. The second-order valence-electron chi connectivity index (χ2n) is 6.59. The summed E-state index contributed by atoms with van der Waals surface area (Å²) in [4.78, 5) is 14.3. The molecular weight excluding hydrogens is 351 g/mol. The van der Waals surface area contributed by atoms with E-state index in [1.165, 1.54) is 12.1 Å². The third kappa shape index (κ3) is 3.49. The summed E-state index contributed by atoms with van der Waals surface area (Å²) >= 11 is 12.1. The molecule has 2 fully saturated rings. The monoisotopic (exact) mass is 372 g/mol. The number of piperidine rings is 1. The lowest BCUT2D eigenvalue weighted by atomic mass is 9.86. The number of aliphatic hydroxyl groups is 1. The summed E-state index contributed by atoms with van der Waals surface area (Å²) in [6.07, 6.45) is 1.36. The minimum Gasteiger partial charge on any atom is -0.508 e. The number of halogens is 2. The third-order valence-corrected chi connectivity index (χ3v) is 5.93. The van der Waals surface area contributed by atoms with Crippen molar-refractivity contribution in [2.45, 2.75) is 25.4 Å². The van der Waals surface area contributed by atoms with E-state index in [2.05, 4.69) is 5.32 Å². The second kappa shape index (κ2) is 7.48. The van der Waals surface area contributed by atoms with E-state index < -0.39 is 6.10 Å². The summed E-state index contributed by atoms with van der Waals surface area (Å²) in [5.74, 6) is 0.180. The normalized spacial score (nSPS) is 23.5. The number of hydrogen-bond acceptors (Lipinski definition) is 4. The van der Waals surface area contributed by atoms with Crippen LogP contribution in [-0.2, 0) is 4.79 Å². The largest absolute Gasteiger partial charge is 0.508 e. The van der Waals surface area contributed by atoms with Gasteiger partial charge in [0.05, 0.1) is 22.1 Å². The molecule has 5 nitrogen and oxygen atoms in total. The van der Waals surface area contributed by atoms with Crippen LogP contribution in [0.2, 0.25) is 10.0 Å². The van der Waals surface area contributed by atoms with Crippen molar-refractivity contribution < 1.29 is 15.0 Å². The molecule has 0 spiro atoms. The van der Waals surface area contributed by atoms with Gasteiger partial charge in [0, 0.05) is 25.2 Å². The van der Waals surface area contributed by atoms with E-state index in [1.54, 1.807) is 0 Å². The lowest BCUT2D eigenvalue weighted by Crippen LogP contribution is -2.43. The Morgan fingerprint density at radius 1 is 1.25 bits per heavy atom. The first-order valence-electron chi connectivity index (χ1n) is 8.33. The molecule has 1 aromatic rings. The van der Waals surface area contributed by atoms with Crippen LogP contribution < -0.4 is 5.32 Å². The Kier molecular flexibility index (Phi) is 5.55. The van der Waals surface area contributed by atoms with Gasteiger partial charge in [0.25, 0.3) is 0 Å². The number of carbonyl (C=O) groups excluding carboxylic acids is 1. The van der Waals surface area contributed by atoms with E-state index in [9.17, 15) is 15.0 Å². The molecule has 0 bridgehead atoms. The average molecular weight is 373 g/mol. The van der Waals surface area contributed by atoms with Crippen molar-refractivity contribution >= 4 is 29.1 Å². The zero-order valence-electron chi connectivity index (χ0n) is 13.3. The van der Waals surface area contributed by atoms with Crippen LogP contribution in [0, 0.1) is 11.8 Å². The number of nitrogens with zero attached hydrogens (tertiary/aromatic N) is 1. The summed E-state index contributed by atoms with van der Waals surface area (Å²) in [5, 5.41) is 24.4. The van der Waals surface area contributed by atoms with E-state index in [-0.39, 0.29) is 34.1 Å². The molecule has 0 radical (unpaired) electrons. The van der Waals surface area contributed by atoms with Crippen LogP contribution in [0.3, 0.4) is 0 Å². The van der Waals surface area contributed by atoms with Gasteiger partial charge < -0.3 is 20.4 Å². The second-order valence-corrected chi connectivity index (χ2v) is 7.38. The number of phenols is 1.